The summed E-state index contributed by atoms with van der Waals surface area (Å²) in [4.78, 5) is 20.9. The fourth-order valence-electron chi connectivity index (χ4n) is 3.47. The van der Waals surface area contributed by atoms with Gasteiger partial charge < -0.3 is 4.98 Å². The van der Waals surface area contributed by atoms with Crippen LogP contribution in [0, 0.1) is 13.8 Å². The summed E-state index contributed by atoms with van der Waals surface area (Å²) >= 11 is 0. The Morgan fingerprint density at radius 3 is 2.73 bits per heavy atom. The van der Waals surface area contributed by atoms with E-state index in [1.165, 1.54) is 5.56 Å². The van der Waals surface area contributed by atoms with E-state index >= 15 is 0 Å². The number of aromatic nitrogens is 6. The molecule has 6 heteroatoms. The average Bonchev–Trinajstić information content (AvgIpc) is 3.27. The van der Waals surface area contributed by atoms with Crippen LogP contribution in [0.4, 0.5) is 0 Å². The van der Waals surface area contributed by atoms with Crippen molar-refractivity contribution in [3.05, 3.63) is 66.8 Å². The summed E-state index contributed by atoms with van der Waals surface area (Å²) in [6.45, 7) is 4.13. The Morgan fingerprint density at radius 1 is 0.962 bits per heavy atom. The monoisotopic (exact) mass is 340 g/mol. The molecule has 0 saturated carbocycles. The summed E-state index contributed by atoms with van der Waals surface area (Å²) in [6.07, 6.45) is 13.2. The molecule has 0 spiro atoms. The molecule has 6 nitrogen and oxygen atoms in total. The molecule has 0 saturated heterocycles. The van der Waals surface area contributed by atoms with Crippen LogP contribution in [-0.2, 0) is 0 Å². The van der Waals surface area contributed by atoms with E-state index in [2.05, 4.69) is 37.9 Å². The summed E-state index contributed by atoms with van der Waals surface area (Å²) in [5.74, 6) is 0.689. The van der Waals surface area contributed by atoms with E-state index in [1.54, 1.807) is 6.20 Å². The van der Waals surface area contributed by atoms with Crippen molar-refractivity contribution in [3.8, 4) is 22.3 Å². The minimum Gasteiger partial charge on any atom is -0.346 e. The van der Waals surface area contributed by atoms with Crippen molar-refractivity contribution in [1.29, 1.82) is 0 Å². The number of aromatic amines is 1. The number of imidazole rings is 1. The van der Waals surface area contributed by atoms with Gasteiger partial charge in [0.2, 0.25) is 5.78 Å². The van der Waals surface area contributed by atoms with Crippen molar-refractivity contribution in [2.75, 3.05) is 0 Å². The number of nitrogens with zero attached hydrogens (tertiary/aromatic N) is 5. The van der Waals surface area contributed by atoms with Crippen LogP contribution in [0.2, 0.25) is 0 Å². The van der Waals surface area contributed by atoms with Crippen LogP contribution in [0.3, 0.4) is 0 Å². The van der Waals surface area contributed by atoms with Crippen LogP contribution < -0.4 is 0 Å². The molecule has 5 rings (SSSR count). The first-order valence-corrected chi connectivity index (χ1v) is 8.39. The highest BCUT2D eigenvalue weighted by Crippen LogP contribution is 2.32. The number of rotatable bonds is 2. The third-order valence-electron chi connectivity index (χ3n) is 4.73. The summed E-state index contributed by atoms with van der Waals surface area (Å²) < 4.78 is 1.92. The molecule has 5 aromatic heterocycles. The smallest absolute Gasteiger partial charge is 0.233 e. The molecule has 0 amide bonds. The normalized spacial score (nSPS) is 11.5. The van der Waals surface area contributed by atoms with Crippen molar-refractivity contribution in [2.45, 2.75) is 13.8 Å². The van der Waals surface area contributed by atoms with Crippen molar-refractivity contribution in [3.63, 3.8) is 0 Å². The molecular weight excluding hydrogens is 324 g/mol. The fraction of sp³-hybridized carbons (Fsp3) is 0.100. The van der Waals surface area contributed by atoms with Crippen molar-refractivity contribution in [1.82, 2.24) is 29.3 Å². The molecular formula is C20H16N6. The van der Waals surface area contributed by atoms with E-state index in [-0.39, 0.29) is 0 Å². The molecule has 26 heavy (non-hydrogen) atoms. The molecule has 0 unspecified atom stereocenters. The van der Waals surface area contributed by atoms with E-state index in [0.717, 1.165) is 39.0 Å². The van der Waals surface area contributed by atoms with E-state index < -0.39 is 0 Å². The van der Waals surface area contributed by atoms with Crippen LogP contribution >= 0.6 is 0 Å². The van der Waals surface area contributed by atoms with E-state index in [4.69, 9.17) is 0 Å². The van der Waals surface area contributed by atoms with Crippen LogP contribution in [-0.4, -0.2) is 29.3 Å². The molecule has 0 aliphatic carbocycles. The van der Waals surface area contributed by atoms with Gasteiger partial charge in [-0.15, -0.1) is 0 Å². The Morgan fingerprint density at radius 2 is 1.85 bits per heavy atom. The second kappa shape index (κ2) is 5.49. The highest BCUT2D eigenvalue weighted by molar-refractivity contribution is 5.95. The van der Waals surface area contributed by atoms with Gasteiger partial charge in [-0.3, -0.25) is 9.38 Å². The van der Waals surface area contributed by atoms with Crippen molar-refractivity contribution < 1.29 is 0 Å². The third kappa shape index (κ3) is 2.19. The highest BCUT2D eigenvalue weighted by atomic mass is 15.1. The lowest BCUT2D eigenvalue weighted by atomic mass is 9.99. The second-order valence-corrected chi connectivity index (χ2v) is 6.39. The molecule has 0 fully saturated rings. The first-order chi connectivity index (χ1) is 12.7. The Labute approximate surface area is 149 Å². The third-order valence-corrected chi connectivity index (χ3v) is 4.73. The summed E-state index contributed by atoms with van der Waals surface area (Å²) in [5.41, 5.74) is 7.34. The van der Waals surface area contributed by atoms with E-state index in [0.29, 0.717) is 5.78 Å². The molecule has 5 aromatic rings. The SMILES string of the molecule is Cc1ccnc(C)c1-c1cnc2[nH]cc(-c3cnc4nccn4c3)c2c1. The number of hydrogen-bond donors (Lipinski definition) is 1. The van der Waals surface area contributed by atoms with Gasteiger partial charge >= 0.3 is 0 Å². The van der Waals surface area contributed by atoms with Gasteiger partial charge in [0.1, 0.15) is 5.65 Å². The lowest BCUT2D eigenvalue weighted by molar-refractivity contribution is 1.11. The van der Waals surface area contributed by atoms with Gasteiger partial charge in [-0.25, -0.2) is 15.0 Å². The maximum Gasteiger partial charge on any atom is 0.233 e. The van der Waals surface area contributed by atoms with Crippen LogP contribution in [0.15, 0.2) is 55.5 Å². The summed E-state index contributed by atoms with van der Waals surface area (Å²) in [5, 5.41) is 1.06. The maximum atomic E-state index is 4.62. The molecule has 0 radical (unpaired) electrons. The Bertz CT molecular complexity index is 1240. The van der Waals surface area contributed by atoms with E-state index in [9.17, 15) is 0 Å². The summed E-state index contributed by atoms with van der Waals surface area (Å²) in [6, 6.07) is 4.20. The van der Waals surface area contributed by atoms with Crippen LogP contribution in [0.5, 0.6) is 0 Å². The minimum absolute atomic E-state index is 0.689. The van der Waals surface area contributed by atoms with Gasteiger partial charge in [0.25, 0.3) is 0 Å². The van der Waals surface area contributed by atoms with Crippen molar-refractivity contribution in [2.24, 2.45) is 0 Å². The first kappa shape index (κ1) is 14.8. The van der Waals surface area contributed by atoms with Gasteiger partial charge in [0, 0.05) is 76.7 Å². The highest BCUT2D eigenvalue weighted by Gasteiger charge is 2.13. The maximum absolute atomic E-state index is 4.62. The average molecular weight is 340 g/mol. The predicted molar refractivity (Wildman–Crippen MR) is 101 cm³/mol. The molecule has 0 aliphatic heterocycles. The zero-order valence-electron chi connectivity index (χ0n) is 14.4. The molecule has 0 aromatic carbocycles. The lowest BCUT2D eigenvalue weighted by Gasteiger charge is -2.09. The molecule has 1 N–H and O–H groups in total. The zero-order valence-corrected chi connectivity index (χ0v) is 14.4. The van der Waals surface area contributed by atoms with Gasteiger partial charge in [0.15, 0.2) is 0 Å². The Balaban J connectivity index is 1.72. The quantitative estimate of drug-likeness (QED) is 0.528. The number of pyridine rings is 2. The summed E-state index contributed by atoms with van der Waals surface area (Å²) in [7, 11) is 0. The molecule has 126 valence electrons. The Kier molecular flexibility index (Phi) is 3.12. The van der Waals surface area contributed by atoms with Gasteiger partial charge in [-0.2, -0.15) is 0 Å². The van der Waals surface area contributed by atoms with Crippen LogP contribution in [0.25, 0.3) is 39.1 Å². The standard InChI is InChI=1S/C20H16N6/c1-12-3-4-21-13(2)18(12)14-7-16-17(10-24-19(16)23-8-14)15-9-25-20-22-5-6-26(20)11-15/h3-11H,1-2H3,(H,23,24). The molecule has 0 atom stereocenters. The first-order valence-electron chi connectivity index (χ1n) is 8.39. The number of fused-ring (bicyclic) bond motifs is 2. The van der Waals surface area contributed by atoms with Crippen molar-refractivity contribution >= 4 is 16.8 Å². The van der Waals surface area contributed by atoms with Gasteiger partial charge in [-0.1, -0.05) is 0 Å². The fourth-order valence-corrected chi connectivity index (χ4v) is 3.47. The topological polar surface area (TPSA) is 71.8 Å². The van der Waals surface area contributed by atoms with Gasteiger partial charge in [-0.05, 0) is 31.5 Å². The number of nitrogens with one attached hydrogen (secondary N) is 1. The number of H-pyrrole nitrogens is 1. The largest absolute Gasteiger partial charge is 0.346 e. The minimum atomic E-state index is 0.689. The Hall–Kier alpha value is -3.54. The molecule has 0 aliphatic rings. The molecule has 0 bridgehead atoms. The lowest BCUT2D eigenvalue weighted by Crippen LogP contribution is -1.92. The number of aryl methyl sites for hydroxylation is 2. The zero-order chi connectivity index (χ0) is 17.7. The number of hydrogen-bond acceptors (Lipinski definition) is 4. The van der Waals surface area contributed by atoms with Gasteiger partial charge in [0.05, 0.1) is 0 Å². The molecule has 5 heterocycles. The van der Waals surface area contributed by atoms with E-state index in [1.807, 2.05) is 54.6 Å². The predicted octanol–water partition coefficient (Wildman–Crippen LogP) is 3.95. The van der Waals surface area contributed by atoms with Crippen LogP contribution in [0.1, 0.15) is 11.3 Å². The second-order valence-electron chi connectivity index (χ2n) is 6.39.